The zero-order chi connectivity index (χ0) is 20.3. The quantitative estimate of drug-likeness (QED) is 0.493. The third-order valence-electron chi connectivity index (χ3n) is 4.46. The van der Waals surface area contributed by atoms with Gasteiger partial charge >= 0.3 is 0 Å². The van der Waals surface area contributed by atoms with Gasteiger partial charge in [0.05, 0.1) is 17.5 Å². The van der Waals surface area contributed by atoms with Crippen LogP contribution in [0.25, 0.3) is 11.0 Å². The van der Waals surface area contributed by atoms with Crippen molar-refractivity contribution in [3.8, 4) is 0 Å². The Labute approximate surface area is 166 Å². The van der Waals surface area contributed by atoms with E-state index in [0.29, 0.717) is 11.4 Å². The first-order chi connectivity index (χ1) is 13.3. The molecule has 0 aliphatic rings. The molecule has 2 N–H and O–H groups in total. The third-order valence-corrected chi connectivity index (χ3v) is 5.43. The van der Waals surface area contributed by atoms with Crippen molar-refractivity contribution in [2.24, 2.45) is 7.05 Å². The molecule has 0 atom stereocenters. The lowest BCUT2D eigenvalue weighted by atomic mass is 10.1. The van der Waals surface area contributed by atoms with Crippen molar-refractivity contribution in [2.45, 2.75) is 33.1 Å². The van der Waals surface area contributed by atoms with Crippen LogP contribution in [0.4, 0.5) is 0 Å². The van der Waals surface area contributed by atoms with Crippen LogP contribution in [0, 0.1) is 13.8 Å². The van der Waals surface area contributed by atoms with Crippen LogP contribution in [0.3, 0.4) is 0 Å². The van der Waals surface area contributed by atoms with E-state index in [2.05, 4.69) is 15.8 Å². The van der Waals surface area contributed by atoms with Crippen LogP contribution in [0.5, 0.6) is 0 Å². The summed E-state index contributed by atoms with van der Waals surface area (Å²) in [5, 5.41) is 0. The molecule has 0 bridgehead atoms. The van der Waals surface area contributed by atoms with Crippen molar-refractivity contribution >= 4 is 40.0 Å². The van der Waals surface area contributed by atoms with Crippen molar-refractivity contribution in [1.29, 1.82) is 0 Å². The van der Waals surface area contributed by atoms with Gasteiger partial charge in [-0.25, -0.2) is 4.98 Å². The minimum atomic E-state index is -0.406. The number of hydrogen-bond donors (Lipinski definition) is 2. The minimum absolute atomic E-state index is 0.0136. The normalized spacial score (nSPS) is 10.8. The molecule has 0 radical (unpaired) electrons. The molecule has 2 aromatic heterocycles. The Balaban J connectivity index is 1.47. The maximum Gasteiger partial charge on any atom is 0.245 e. The van der Waals surface area contributed by atoms with Crippen LogP contribution in [0.15, 0.2) is 30.3 Å². The summed E-state index contributed by atoms with van der Waals surface area (Å²) in [5.74, 6) is -0.242. The number of aryl methyl sites for hydroxylation is 3. The van der Waals surface area contributed by atoms with Gasteiger partial charge < -0.3 is 4.57 Å². The number of carbonyl (C=O) groups excluding carboxylic acids is 3. The van der Waals surface area contributed by atoms with Crippen LogP contribution in [0.2, 0.25) is 0 Å². The van der Waals surface area contributed by atoms with Crippen LogP contribution in [0.1, 0.15) is 38.8 Å². The number of imidazole rings is 1. The van der Waals surface area contributed by atoms with Gasteiger partial charge in [0.15, 0.2) is 5.78 Å². The molecule has 146 valence electrons. The number of benzene rings is 1. The minimum Gasteiger partial charge on any atom is -0.331 e. The number of thiophene rings is 1. The van der Waals surface area contributed by atoms with Gasteiger partial charge in [0, 0.05) is 35.2 Å². The van der Waals surface area contributed by atoms with Gasteiger partial charge in [0.2, 0.25) is 11.8 Å². The number of aromatic nitrogens is 2. The van der Waals surface area contributed by atoms with Gasteiger partial charge in [-0.1, -0.05) is 12.1 Å². The second kappa shape index (κ2) is 8.35. The molecule has 0 fully saturated rings. The van der Waals surface area contributed by atoms with Gasteiger partial charge in [-0.2, -0.15) is 0 Å². The third kappa shape index (κ3) is 4.45. The molecule has 28 heavy (non-hydrogen) atoms. The molecule has 0 spiro atoms. The van der Waals surface area contributed by atoms with E-state index in [0.717, 1.165) is 20.8 Å². The predicted octanol–water partition coefficient (Wildman–Crippen LogP) is 2.60. The summed E-state index contributed by atoms with van der Waals surface area (Å²) in [6.45, 7) is 3.84. The first kappa shape index (κ1) is 19.8. The highest BCUT2D eigenvalue weighted by Gasteiger charge is 2.15. The number of rotatable bonds is 6. The molecule has 2 amide bonds. The molecule has 0 saturated carbocycles. The first-order valence-corrected chi connectivity index (χ1v) is 9.75. The maximum absolute atomic E-state index is 12.2. The zero-order valence-corrected chi connectivity index (χ0v) is 16.9. The van der Waals surface area contributed by atoms with Gasteiger partial charge in [-0.15, -0.1) is 11.3 Å². The van der Waals surface area contributed by atoms with Gasteiger partial charge in [0.1, 0.15) is 5.82 Å². The average Bonchev–Trinajstić information content (AvgIpc) is 3.17. The Morgan fingerprint density at radius 2 is 1.79 bits per heavy atom. The second-order valence-corrected chi connectivity index (χ2v) is 8.06. The van der Waals surface area contributed by atoms with Crippen molar-refractivity contribution < 1.29 is 14.4 Å². The van der Waals surface area contributed by atoms with E-state index in [4.69, 9.17) is 0 Å². The van der Waals surface area contributed by atoms with E-state index in [1.54, 1.807) is 11.3 Å². The first-order valence-electron chi connectivity index (χ1n) is 8.93. The Morgan fingerprint density at radius 1 is 1.07 bits per heavy atom. The molecule has 0 saturated heterocycles. The second-order valence-electron chi connectivity index (χ2n) is 6.60. The maximum atomic E-state index is 12.2. The van der Waals surface area contributed by atoms with Crippen molar-refractivity contribution in [1.82, 2.24) is 20.4 Å². The number of hydrazine groups is 1. The highest BCUT2D eigenvalue weighted by Crippen LogP contribution is 2.22. The van der Waals surface area contributed by atoms with E-state index in [1.165, 1.54) is 0 Å². The lowest BCUT2D eigenvalue weighted by Crippen LogP contribution is -2.42. The van der Waals surface area contributed by atoms with Crippen molar-refractivity contribution in [3.05, 3.63) is 51.5 Å². The van der Waals surface area contributed by atoms with Crippen LogP contribution < -0.4 is 10.9 Å². The number of nitrogens with one attached hydrogen (secondary N) is 2. The van der Waals surface area contributed by atoms with Crippen LogP contribution in [-0.2, 0) is 23.1 Å². The zero-order valence-electron chi connectivity index (χ0n) is 16.0. The fourth-order valence-electron chi connectivity index (χ4n) is 3.01. The molecule has 7 nitrogen and oxygen atoms in total. The van der Waals surface area contributed by atoms with E-state index in [-0.39, 0.29) is 31.0 Å². The molecule has 8 heteroatoms. The van der Waals surface area contributed by atoms with Crippen molar-refractivity contribution in [3.63, 3.8) is 0 Å². The summed E-state index contributed by atoms with van der Waals surface area (Å²) < 4.78 is 1.85. The molecule has 0 aliphatic heterocycles. The number of Topliss-reactive ketones (excluding diaryl/α,β-unsaturated/α-hetero) is 1. The molecule has 2 heterocycles. The summed E-state index contributed by atoms with van der Waals surface area (Å²) in [6, 6.07) is 9.46. The number of fused-ring (bicyclic) bond motifs is 1. The van der Waals surface area contributed by atoms with E-state index in [9.17, 15) is 14.4 Å². The Morgan fingerprint density at radius 3 is 2.46 bits per heavy atom. The lowest BCUT2D eigenvalue weighted by Gasteiger charge is -2.07. The highest BCUT2D eigenvalue weighted by molar-refractivity contribution is 7.12. The number of para-hydroxylation sites is 2. The smallest absolute Gasteiger partial charge is 0.245 e. The number of carbonyl (C=O) groups is 3. The summed E-state index contributed by atoms with van der Waals surface area (Å²) in [6.07, 6.45) is 0.154. The molecule has 3 aromatic rings. The average molecular weight is 398 g/mol. The van der Waals surface area contributed by atoms with E-state index >= 15 is 0 Å². The summed E-state index contributed by atoms with van der Waals surface area (Å²) >= 11 is 1.56. The fraction of sp³-hybridized carbons (Fsp3) is 0.300. The molecular formula is C20H22N4O3S. The standard InChI is InChI=1S/C20H22N4O3S/c1-12-10-14(13(2)28-12)17(25)8-9-19(26)22-23-20(27)11-18-21-15-6-4-5-7-16(15)24(18)3/h4-7,10H,8-9,11H2,1-3H3,(H,22,26)(H,23,27). The monoisotopic (exact) mass is 398 g/mol. The molecule has 1 aromatic carbocycles. The fourth-order valence-corrected chi connectivity index (χ4v) is 3.96. The molecular weight excluding hydrogens is 376 g/mol. The van der Waals surface area contributed by atoms with E-state index < -0.39 is 5.91 Å². The molecule has 0 unspecified atom stereocenters. The van der Waals surface area contributed by atoms with Gasteiger partial charge in [-0.3, -0.25) is 25.2 Å². The van der Waals surface area contributed by atoms with Gasteiger partial charge in [-0.05, 0) is 32.0 Å². The topological polar surface area (TPSA) is 93.1 Å². The predicted molar refractivity (Wildman–Crippen MR) is 108 cm³/mol. The van der Waals surface area contributed by atoms with E-state index in [1.807, 2.05) is 55.8 Å². The summed E-state index contributed by atoms with van der Waals surface area (Å²) in [4.78, 5) is 42.7. The van der Waals surface area contributed by atoms with Crippen LogP contribution in [-0.4, -0.2) is 27.1 Å². The summed E-state index contributed by atoms with van der Waals surface area (Å²) in [5.41, 5.74) is 7.16. The molecule has 3 rings (SSSR count). The largest absolute Gasteiger partial charge is 0.331 e. The van der Waals surface area contributed by atoms with Crippen molar-refractivity contribution in [2.75, 3.05) is 0 Å². The number of hydrogen-bond acceptors (Lipinski definition) is 5. The molecule has 0 aliphatic carbocycles. The number of nitrogens with zero attached hydrogens (tertiary/aromatic N) is 2. The number of ketones is 1. The van der Waals surface area contributed by atoms with Gasteiger partial charge in [0.25, 0.3) is 0 Å². The Kier molecular flexibility index (Phi) is 5.89. The lowest BCUT2D eigenvalue weighted by molar-refractivity contribution is -0.128. The summed E-state index contributed by atoms with van der Waals surface area (Å²) in [7, 11) is 1.84. The Bertz CT molecular complexity index is 1050. The highest BCUT2D eigenvalue weighted by atomic mass is 32.1. The SMILES string of the molecule is Cc1cc(C(=O)CCC(=O)NNC(=O)Cc2nc3ccccc3n2C)c(C)s1. The Hall–Kier alpha value is -3.00. The van der Waals surface area contributed by atoms with Crippen LogP contribution >= 0.6 is 11.3 Å². The number of amides is 2.